The standard InChI is InChI=1S/C20H21N3O2/c1-16(25-19-6-3-2-4-7-19)20(24)21-14-17-8-10-18(11-9-17)15-23-13-5-12-22-23/h2-13,16H,14-15H2,1H3,(H,21,24)/t16-/m0/s1. The van der Waals surface area contributed by atoms with Crippen molar-refractivity contribution in [3.8, 4) is 5.75 Å². The monoisotopic (exact) mass is 335 g/mol. The molecular weight excluding hydrogens is 314 g/mol. The molecule has 0 aliphatic carbocycles. The summed E-state index contributed by atoms with van der Waals surface area (Å²) in [6, 6.07) is 19.4. The number of nitrogens with one attached hydrogen (secondary N) is 1. The van der Waals surface area contributed by atoms with Gasteiger partial charge in [-0.3, -0.25) is 9.48 Å². The van der Waals surface area contributed by atoms with Crippen LogP contribution in [-0.4, -0.2) is 21.8 Å². The number of nitrogens with zero attached hydrogens (tertiary/aromatic N) is 2. The Labute approximate surface area is 147 Å². The second-order valence-electron chi connectivity index (χ2n) is 5.81. The van der Waals surface area contributed by atoms with E-state index in [1.54, 1.807) is 13.1 Å². The molecule has 0 saturated heterocycles. The summed E-state index contributed by atoms with van der Waals surface area (Å²) in [6.07, 6.45) is 3.16. The van der Waals surface area contributed by atoms with Crippen molar-refractivity contribution >= 4 is 5.91 Å². The van der Waals surface area contributed by atoms with Crippen LogP contribution in [0.4, 0.5) is 0 Å². The number of carbonyl (C=O) groups excluding carboxylic acids is 1. The molecule has 0 unspecified atom stereocenters. The largest absolute Gasteiger partial charge is 0.481 e. The van der Waals surface area contributed by atoms with Crippen molar-refractivity contribution in [2.75, 3.05) is 0 Å². The Kier molecular flexibility index (Phi) is 5.46. The summed E-state index contributed by atoms with van der Waals surface area (Å²) in [7, 11) is 0. The molecule has 0 fully saturated rings. The lowest BCUT2D eigenvalue weighted by Gasteiger charge is -2.14. The SMILES string of the molecule is C[C@H](Oc1ccccc1)C(=O)NCc1ccc(Cn2cccn2)cc1. The van der Waals surface area contributed by atoms with Gasteiger partial charge in [0.05, 0.1) is 6.54 Å². The predicted octanol–water partition coefficient (Wildman–Crippen LogP) is 3.02. The van der Waals surface area contributed by atoms with Crippen LogP contribution in [0.1, 0.15) is 18.1 Å². The van der Waals surface area contributed by atoms with Gasteiger partial charge in [-0.1, -0.05) is 42.5 Å². The first kappa shape index (κ1) is 16.8. The first-order valence-electron chi connectivity index (χ1n) is 8.25. The maximum atomic E-state index is 12.2. The molecule has 0 aliphatic heterocycles. The summed E-state index contributed by atoms with van der Waals surface area (Å²) in [5.74, 6) is 0.553. The Morgan fingerprint density at radius 1 is 1.08 bits per heavy atom. The number of hydrogen-bond acceptors (Lipinski definition) is 3. The van der Waals surface area contributed by atoms with Crippen LogP contribution in [0.25, 0.3) is 0 Å². The van der Waals surface area contributed by atoms with E-state index < -0.39 is 6.10 Å². The lowest BCUT2D eigenvalue weighted by atomic mass is 10.1. The molecule has 25 heavy (non-hydrogen) atoms. The van der Waals surface area contributed by atoms with Crippen molar-refractivity contribution in [1.29, 1.82) is 0 Å². The zero-order valence-corrected chi connectivity index (χ0v) is 14.1. The summed E-state index contributed by atoms with van der Waals surface area (Å²) in [5, 5.41) is 7.10. The minimum atomic E-state index is -0.540. The van der Waals surface area contributed by atoms with E-state index in [4.69, 9.17) is 4.74 Å². The van der Waals surface area contributed by atoms with E-state index in [1.165, 1.54) is 5.56 Å². The van der Waals surface area contributed by atoms with E-state index in [0.717, 1.165) is 12.1 Å². The molecule has 3 aromatic rings. The number of carbonyl (C=O) groups is 1. The molecule has 128 valence electrons. The molecular formula is C20H21N3O2. The number of aromatic nitrogens is 2. The number of amides is 1. The highest BCUT2D eigenvalue weighted by Gasteiger charge is 2.13. The second-order valence-corrected chi connectivity index (χ2v) is 5.81. The average Bonchev–Trinajstić information content (AvgIpc) is 3.14. The normalized spacial score (nSPS) is 11.7. The maximum absolute atomic E-state index is 12.2. The summed E-state index contributed by atoms with van der Waals surface area (Å²) in [6.45, 7) is 2.96. The Hall–Kier alpha value is -3.08. The first-order chi connectivity index (χ1) is 12.2. The molecule has 1 N–H and O–H groups in total. The number of ether oxygens (including phenoxy) is 1. The van der Waals surface area contributed by atoms with Crippen LogP contribution < -0.4 is 10.1 Å². The molecule has 0 saturated carbocycles. The van der Waals surface area contributed by atoms with Gasteiger partial charge >= 0.3 is 0 Å². The Balaban J connectivity index is 1.48. The lowest BCUT2D eigenvalue weighted by molar-refractivity contribution is -0.127. The minimum Gasteiger partial charge on any atom is -0.481 e. The van der Waals surface area contributed by atoms with Crippen molar-refractivity contribution in [3.63, 3.8) is 0 Å². The minimum absolute atomic E-state index is 0.135. The van der Waals surface area contributed by atoms with Crippen molar-refractivity contribution in [1.82, 2.24) is 15.1 Å². The Bertz CT molecular complexity index is 784. The van der Waals surface area contributed by atoms with E-state index in [2.05, 4.69) is 10.4 Å². The second kappa shape index (κ2) is 8.15. The van der Waals surface area contributed by atoms with Crippen molar-refractivity contribution in [2.24, 2.45) is 0 Å². The molecule has 2 aromatic carbocycles. The van der Waals surface area contributed by atoms with E-state index >= 15 is 0 Å². The smallest absolute Gasteiger partial charge is 0.261 e. The topological polar surface area (TPSA) is 56.1 Å². The summed E-state index contributed by atoms with van der Waals surface area (Å²) in [5.41, 5.74) is 2.21. The number of hydrogen-bond donors (Lipinski definition) is 1. The number of para-hydroxylation sites is 1. The van der Waals surface area contributed by atoms with Gasteiger partial charge in [0.1, 0.15) is 5.75 Å². The van der Waals surface area contributed by atoms with Crippen LogP contribution >= 0.6 is 0 Å². The van der Waals surface area contributed by atoms with Crippen LogP contribution in [-0.2, 0) is 17.9 Å². The van der Waals surface area contributed by atoms with Gasteiger partial charge in [0.2, 0.25) is 0 Å². The van der Waals surface area contributed by atoms with E-state index in [-0.39, 0.29) is 5.91 Å². The van der Waals surface area contributed by atoms with E-state index in [1.807, 2.05) is 71.5 Å². The van der Waals surface area contributed by atoms with Gasteiger partial charge in [0.25, 0.3) is 5.91 Å². The summed E-state index contributed by atoms with van der Waals surface area (Å²) in [4.78, 5) is 12.2. The van der Waals surface area contributed by atoms with Crippen molar-refractivity contribution < 1.29 is 9.53 Å². The van der Waals surface area contributed by atoms with Crippen LogP contribution in [0.2, 0.25) is 0 Å². The lowest BCUT2D eigenvalue weighted by Crippen LogP contribution is -2.35. The summed E-state index contributed by atoms with van der Waals surface area (Å²) >= 11 is 0. The third-order valence-corrected chi connectivity index (χ3v) is 3.82. The van der Waals surface area contributed by atoms with Crippen molar-refractivity contribution in [2.45, 2.75) is 26.1 Å². The van der Waals surface area contributed by atoms with E-state index in [9.17, 15) is 4.79 Å². The van der Waals surface area contributed by atoms with Crippen LogP contribution in [0, 0.1) is 0 Å². The maximum Gasteiger partial charge on any atom is 0.261 e. The van der Waals surface area contributed by atoms with Crippen LogP contribution in [0.5, 0.6) is 5.75 Å². The molecule has 3 rings (SSSR count). The van der Waals surface area contributed by atoms with Gasteiger partial charge < -0.3 is 10.1 Å². The van der Waals surface area contributed by atoms with Gasteiger partial charge in [0, 0.05) is 18.9 Å². The molecule has 1 amide bonds. The highest BCUT2D eigenvalue weighted by Crippen LogP contribution is 2.11. The number of rotatable bonds is 7. The number of benzene rings is 2. The highest BCUT2D eigenvalue weighted by atomic mass is 16.5. The third-order valence-electron chi connectivity index (χ3n) is 3.82. The van der Waals surface area contributed by atoms with E-state index in [0.29, 0.717) is 12.3 Å². The van der Waals surface area contributed by atoms with Gasteiger partial charge in [0.15, 0.2) is 6.10 Å². The fourth-order valence-corrected chi connectivity index (χ4v) is 2.43. The Morgan fingerprint density at radius 3 is 2.48 bits per heavy atom. The molecule has 5 heteroatoms. The molecule has 5 nitrogen and oxygen atoms in total. The van der Waals surface area contributed by atoms with Crippen molar-refractivity contribution in [3.05, 3.63) is 84.2 Å². The summed E-state index contributed by atoms with van der Waals surface area (Å²) < 4.78 is 7.50. The molecule has 1 atom stereocenters. The third kappa shape index (κ3) is 4.94. The zero-order chi connectivity index (χ0) is 17.5. The van der Waals surface area contributed by atoms with Gasteiger partial charge in [-0.2, -0.15) is 5.10 Å². The van der Waals surface area contributed by atoms with Crippen LogP contribution in [0.3, 0.4) is 0 Å². The average molecular weight is 335 g/mol. The molecule has 1 aromatic heterocycles. The quantitative estimate of drug-likeness (QED) is 0.722. The molecule has 0 spiro atoms. The highest BCUT2D eigenvalue weighted by molar-refractivity contribution is 5.80. The molecule has 1 heterocycles. The molecule has 0 bridgehead atoms. The van der Waals surface area contributed by atoms with Gasteiger partial charge in [-0.05, 0) is 36.2 Å². The molecule has 0 radical (unpaired) electrons. The fraction of sp³-hybridized carbons (Fsp3) is 0.200. The fourth-order valence-electron chi connectivity index (χ4n) is 2.43. The Morgan fingerprint density at radius 2 is 1.80 bits per heavy atom. The zero-order valence-electron chi connectivity index (χ0n) is 14.1. The van der Waals surface area contributed by atoms with Gasteiger partial charge in [-0.15, -0.1) is 0 Å². The first-order valence-corrected chi connectivity index (χ1v) is 8.25. The molecule has 0 aliphatic rings. The van der Waals surface area contributed by atoms with Crippen LogP contribution in [0.15, 0.2) is 73.1 Å². The predicted molar refractivity (Wildman–Crippen MR) is 96.1 cm³/mol. The van der Waals surface area contributed by atoms with Gasteiger partial charge in [-0.25, -0.2) is 0 Å².